The van der Waals surface area contributed by atoms with Crippen LogP contribution in [0.15, 0.2) is 29.8 Å². The number of amides is 2. The first kappa shape index (κ1) is 16.4. The maximum atomic E-state index is 12.6. The van der Waals surface area contributed by atoms with Crippen LogP contribution in [0.4, 0.5) is 11.5 Å². The number of anilines is 2. The highest BCUT2D eigenvalue weighted by atomic mass is 32.1. The smallest absolute Gasteiger partial charge is 0.313 e. The van der Waals surface area contributed by atoms with Gasteiger partial charge in [-0.2, -0.15) is 0 Å². The first-order valence-corrected chi connectivity index (χ1v) is 8.81. The predicted octanol–water partition coefficient (Wildman–Crippen LogP) is 2.73. The molecule has 0 aromatic carbocycles. The van der Waals surface area contributed by atoms with Crippen molar-refractivity contribution < 1.29 is 9.59 Å². The number of thiophene rings is 1. The van der Waals surface area contributed by atoms with Gasteiger partial charge in [-0.15, -0.1) is 11.3 Å². The maximum Gasteiger partial charge on any atom is 0.313 e. The zero-order chi connectivity index (χ0) is 17.1. The first-order valence-electron chi connectivity index (χ1n) is 7.93. The lowest BCUT2D eigenvalue weighted by Crippen LogP contribution is -2.44. The Kier molecular flexibility index (Phi) is 4.80. The number of nitrogens with one attached hydrogen (secondary N) is 1. The summed E-state index contributed by atoms with van der Waals surface area (Å²) in [7, 11) is 0. The van der Waals surface area contributed by atoms with Crippen LogP contribution >= 0.6 is 11.3 Å². The van der Waals surface area contributed by atoms with Gasteiger partial charge >= 0.3 is 11.8 Å². The summed E-state index contributed by atoms with van der Waals surface area (Å²) in [5, 5.41) is 4.62. The van der Waals surface area contributed by atoms with Crippen LogP contribution in [-0.4, -0.2) is 28.2 Å². The molecule has 1 aliphatic heterocycles. The van der Waals surface area contributed by atoms with Crippen LogP contribution in [0.25, 0.3) is 0 Å². The summed E-state index contributed by atoms with van der Waals surface area (Å²) in [6.45, 7) is 2.41. The zero-order valence-electron chi connectivity index (χ0n) is 13.5. The number of nitrogen functional groups attached to an aromatic ring is 1. The molecule has 0 saturated carbocycles. The fourth-order valence-electron chi connectivity index (χ4n) is 2.92. The van der Waals surface area contributed by atoms with Gasteiger partial charge < -0.3 is 16.0 Å². The van der Waals surface area contributed by atoms with Gasteiger partial charge in [0.05, 0.1) is 17.9 Å². The number of carbonyl (C=O) groups excluding carboxylic acids is 2. The van der Waals surface area contributed by atoms with E-state index in [1.54, 1.807) is 29.2 Å². The van der Waals surface area contributed by atoms with Gasteiger partial charge in [-0.3, -0.25) is 9.59 Å². The molecule has 3 rings (SSSR count). The van der Waals surface area contributed by atoms with Crippen LogP contribution in [0, 0.1) is 6.92 Å². The largest absolute Gasteiger partial charge is 0.383 e. The van der Waals surface area contributed by atoms with Gasteiger partial charge in [0.25, 0.3) is 0 Å². The number of carbonyl (C=O) groups is 2. The minimum atomic E-state index is -0.635. The lowest BCUT2D eigenvalue weighted by atomic mass is 10.0. The van der Waals surface area contributed by atoms with Crippen LogP contribution in [0.5, 0.6) is 0 Å². The van der Waals surface area contributed by atoms with Crippen molar-refractivity contribution in [2.24, 2.45) is 0 Å². The summed E-state index contributed by atoms with van der Waals surface area (Å²) in [6, 6.07) is 5.69. The van der Waals surface area contributed by atoms with Gasteiger partial charge in [0.1, 0.15) is 5.82 Å². The van der Waals surface area contributed by atoms with Gasteiger partial charge in [-0.05, 0) is 49.3 Å². The number of nitrogens with two attached hydrogens (primary N) is 1. The normalized spacial score (nSPS) is 17.5. The number of aryl methyl sites for hydroxylation is 1. The average molecular weight is 344 g/mol. The standard InChI is InChI=1S/C17H20N4O2S/c1-11-9-12(10-19-15(11)18)20-16(22)17(23)21-7-3-2-5-13(21)14-6-4-8-24-14/h4,6,8-10,13H,2-3,5,7H2,1H3,(H2,18,19)(H,20,22). The molecule has 1 saturated heterocycles. The van der Waals surface area contributed by atoms with Gasteiger partial charge in [-0.25, -0.2) is 4.98 Å². The van der Waals surface area contributed by atoms with Gasteiger partial charge in [0.15, 0.2) is 0 Å². The lowest BCUT2D eigenvalue weighted by molar-refractivity contribution is -0.145. The van der Waals surface area contributed by atoms with E-state index in [0.29, 0.717) is 18.1 Å². The number of piperidine rings is 1. The second-order valence-corrected chi connectivity index (χ2v) is 6.89. The highest BCUT2D eigenvalue weighted by Crippen LogP contribution is 2.33. The molecule has 1 atom stereocenters. The molecule has 2 aromatic rings. The maximum absolute atomic E-state index is 12.6. The third kappa shape index (κ3) is 3.41. The van der Waals surface area contributed by atoms with Crippen molar-refractivity contribution >= 4 is 34.7 Å². The number of aromatic nitrogens is 1. The average Bonchev–Trinajstić information content (AvgIpc) is 3.12. The van der Waals surface area contributed by atoms with Crippen LogP contribution in [0.1, 0.15) is 35.7 Å². The van der Waals surface area contributed by atoms with E-state index in [-0.39, 0.29) is 6.04 Å². The molecule has 6 nitrogen and oxygen atoms in total. The molecule has 1 fully saturated rings. The third-order valence-electron chi connectivity index (χ3n) is 4.21. The monoisotopic (exact) mass is 344 g/mol. The molecule has 2 amide bonds. The topological polar surface area (TPSA) is 88.3 Å². The Morgan fingerprint density at radius 2 is 2.25 bits per heavy atom. The zero-order valence-corrected chi connectivity index (χ0v) is 14.3. The summed E-state index contributed by atoms with van der Waals surface area (Å²) >= 11 is 1.62. The lowest BCUT2D eigenvalue weighted by Gasteiger charge is -2.34. The number of nitrogens with zero attached hydrogens (tertiary/aromatic N) is 2. The Bertz CT molecular complexity index is 745. The summed E-state index contributed by atoms with van der Waals surface area (Å²) in [4.78, 5) is 31.8. The summed E-state index contributed by atoms with van der Waals surface area (Å²) in [6.07, 6.45) is 4.33. The molecule has 0 aliphatic carbocycles. The summed E-state index contributed by atoms with van der Waals surface area (Å²) in [5.41, 5.74) is 6.91. The number of hydrogen-bond donors (Lipinski definition) is 2. The quantitative estimate of drug-likeness (QED) is 0.820. The number of rotatable bonds is 2. The Morgan fingerprint density at radius 3 is 2.96 bits per heavy atom. The Balaban J connectivity index is 1.73. The van der Waals surface area contributed by atoms with Gasteiger partial charge in [-0.1, -0.05) is 6.07 Å². The van der Waals surface area contributed by atoms with Gasteiger partial charge in [0, 0.05) is 11.4 Å². The Morgan fingerprint density at radius 1 is 1.42 bits per heavy atom. The molecule has 0 bridgehead atoms. The van der Waals surface area contributed by atoms with Crippen molar-refractivity contribution in [3.8, 4) is 0 Å². The molecular weight excluding hydrogens is 324 g/mol. The van der Waals surface area contributed by atoms with Crippen molar-refractivity contribution in [2.45, 2.75) is 32.2 Å². The van der Waals surface area contributed by atoms with Crippen molar-refractivity contribution in [3.05, 3.63) is 40.2 Å². The summed E-state index contributed by atoms with van der Waals surface area (Å²) < 4.78 is 0. The van der Waals surface area contributed by atoms with Crippen LogP contribution in [-0.2, 0) is 9.59 Å². The van der Waals surface area contributed by atoms with E-state index in [9.17, 15) is 9.59 Å². The number of pyridine rings is 1. The predicted molar refractivity (Wildman–Crippen MR) is 94.6 cm³/mol. The molecule has 1 aliphatic rings. The summed E-state index contributed by atoms with van der Waals surface area (Å²) in [5.74, 6) is -0.722. The molecule has 1 unspecified atom stereocenters. The first-order chi connectivity index (χ1) is 11.6. The van der Waals surface area contributed by atoms with Crippen LogP contribution in [0.2, 0.25) is 0 Å². The SMILES string of the molecule is Cc1cc(NC(=O)C(=O)N2CCCCC2c2cccs2)cnc1N. The van der Waals surface area contributed by atoms with E-state index >= 15 is 0 Å². The molecule has 24 heavy (non-hydrogen) atoms. The number of likely N-dealkylation sites (tertiary alicyclic amines) is 1. The fourth-order valence-corrected chi connectivity index (χ4v) is 3.79. The molecule has 2 aromatic heterocycles. The van der Waals surface area contributed by atoms with Crippen LogP contribution in [0.3, 0.4) is 0 Å². The third-order valence-corrected chi connectivity index (χ3v) is 5.18. The van der Waals surface area contributed by atoms with Gasteiger partial charge in [0.2, 0.25) is 0 Å². The minimum absolute atomic E-state index is 0.0109. The van der Waals surface area contributed by atoms with Crippen molar-refractivity contribution in [3.63, 3.8) is 0 Å². The molecule has 0 radical (unpaired) electrons. The van der Waals surface area contributed by atoms with Crippen LogP contribution < -0.4 is 11.1 Å². The highest BCUT2D eigenvalue weighted by molar-refractivity contribution is 7.10. The van der Waals surface area contributed by atoms with E-state index in [2.05, 4.69) is 10.3 Å². The molecule has 3 N–H and O–H groups in total. The van der Waals surface area contributed by atoms with E-state index in [1.165, 1.54) is 6.20 Å². The molecule has 3 heterocycles. The molecule has 0 spiro atoms. The number of hydrogen-bond acceptors (Lipinski definition) is 5. The highest BCUT2D eigenvalue weighted by Gasteiger charge is 2.32. The van der Waals surface area contributed by atoms with Crippen molar-refractivity contribution in [2.75, 3.05) is 17.6 Å². The Hall–Kier alpha value is -2.41. The molecular formula is C17H20N4O2S. The van der Waals surface area contributed by atoms with E-state index in [4.69, 9.17) is 5.73 Å². The van der Waals surface area contributed by atoms with E-state index in [1.807, 2.05) is 17.5 Å². The molecule has 7 heteroatoms. The Labute approximate surface area is 144 Å². The molecule has 126 valence electrons. The van der Waals surface area contributed by atoms with Crippen molar-refractivity contribution in [1.29, 1.82) is 0 Å². The van der Waals surface area contributed by atoms with Crippen molar-refractivity contribution in [1.82, 2.24) is 9.88 Å². The second kappa shape index (κ2) is 7.00. The second-order valence-electron chi connectivity index (χ2n) is 5.91. The minimum Gasteiger partial charge on any atom is -0.383 e. The van der Waals surface area contributed by atoms with E-state index < -0.39 is 11.8 Å². The van der Waals surface area contributed by atoms with E-state index in [0.717, 1.165) is 29.7 Å². The fraction of sp³-hybridized carbons (Fsp3) is 0.353.